The van der Waals surface area contributed by atoms with Gasteiger partial charge in [0.2, 0.25) is 0 Å². The predicted molar refractivity (Wildman–Crippen MR) is 122 cm³/mol. The molecule has 8 heteroatoms. The SMILES string of the molecule is CCn1c(Cc2ccc(Cl)cc2)nnc1SCc1csc(-c2ccccc2Cl)n1. The van der Waals surface area contributed by atoms with Crippen LogP contribution in [0.1, 0.15) is 24.0 Å². The first-order chi connectivity index (χ1) is 14.1. The van der Waals surface area contributed by atoms with Gasteiger partial charge < -0.3 is 4.57 Å². The van der Waals surface area contributed by atoms with Crippen molar-refractivity contribution in [2.75, 3.05) is 0 Å². The van der Waals surface area contributed by atoms with Crippen molar-refractivity contribution in [2.24, 2.45) is 0 Å². The van der Waals surface area contributed by atoms with Gasteiger partial charge in [0.25, 0.3) is 0 Å². The van der Waals surface area contributed by atoms with Crippen LogP contribution < -0.4 is 0 Å². The fourth-order valence-corrected chi connectivity index (χ4v) is 5.21. The number of rotatable bonds is 7. The molecule has 29 heavy (non-hydrogen) atoms. The highest BCUT2D eigenvalue weighted by atomic mass is 35.5. The Morgan fingerprint density at radius 3 is 2.59 bits per heavy atom. The quantitative estimate of drug-likeness (QED) is 0.291. The molecule has 4 rings (SSSR count). The molecule has 0 spiro atoms. The van der Waals surface area contributed by atoms with E-state index in [1.165, 1.54) is 0 Å². The molecule has 2 aromatic heterocycles. The normalized spacial score (nSPS) is 11.1. The van der Waals surface area contributed by atoms with E-state index in [1.54, 1.807) is 23.1 Å². The monoisotopic (exact) mass is 460 g/mol. The van der Waals surface area contributed by atoms with Gasteiger partial charge in [-0.05, 0) is 30.7 Å². The summed E-state index contributed by atoms with van der Waals surface area (Å²) < 4.78 is 2.15. The van der Waals surface area contributed by atoms with Crippen LogP contribution >= 0.6 is 46.3 Å². The van der Waals surface area contributed by atoms with E-state index in [0.29, 0.717) is 0 Å². The number of halogens is 2. The Balaban J connectivity index is 1.46. The van der Waals surface area contributed by atoms with Crippen molar-refractivity contribution in [2.45, 2.75) is 30.8 Å². The van der Waals surface area contributed by atoms with Crippen LogP contribution in [0.2, 0.25) is 10.0 Å². The highest BCUT2D eigenvalue weighted by Crippen LogP contribution is 2.32. The zero-order valence-corrected chi connectivity index (χ0v) is 18.8. The Bertz CT molecular complexity index is 1110. The van der Waals surface area contributed by atoms with Crippen molar-refractivity contribution in [3.8, 4) is 10.6 Å². The fraction of sp³-hybridized carbons (Fsp3) is 0.190. The minimum Gasteiger partial charge on any atom is -0.306 e. The summed E-state index contributed by atoms with van der Waals surface area (Å²) in [4.78, 5) is 4.74. The molecule has 0 N–H and O–H groups in total. The number of hydrogen-bond acceptors (Lipinski definition) is 5. The van der Waals surface area contributed by atoms with Crippen LogP contribution in [0.5, 0.6) is 0 Å². The van der Waals surface area contributed by atoms with Gasteiger partial charge in [-0.2, -0.15) is 0 Å². The van der Waals surface area contributed by atoms with E-state index in [0.717, 1.165) is 61.6 Å². The van der Waals surface area contributed by atoms with Crippen LogP contribution in [0.25, 0.3) is 10.6 Å². The molecule has 0 saturated carbocycles. The third-order valence-electron chi connectivity index (χ3n) is 4.39. The first kappa shape index (κ1) is 20.4. The molecular formula is C21H18Cl2N4S2. The highest BCUT2D eigenvalue weighted by Gasteiger charge is 2.14. The number of thiazole rings is 1. The van der Waals surface area contributed by atoms with E-state index in [1.807, 2.05) is 48.5 Å². The van der Waals surface area contributed by atoms with E-state index in [9.17, 15) is 0 Å². The molecule has 0 radical (unpaired) electrons. The summed E-state index contributed by atoms with van der Waals surface area (Å²) in [5.41, 5.74) is 3.15. The van der Waals surface area contributed by atoms with E-state index >= 15 is 0 Å². The van der Waals surface area contributed by atoms with Crippen molar-refractivity contribution in [3.63, 3.8) is 0 Å². The summed E-state index contributed by atoms with van der Waals surface area (Å²) in [5, 5.41) is 14.2. The van der Waals surface area contributed by atoms with Gasteiger partial charge in [-0.3, -0.25) is 0 Å². The van der Waals surface area contributed by atoms with Crippen molar-refractivity contribution in [1.82, 2.24) is 19.7 Å². The van der Waals surface area contributed by atoms with Gasteiger partial charge in [-0.15, -0.1) is 21.5 Å². The lowest BCUT2D eigenvalue weighted by atomic mass is 10.1. The second-order valence-electron chi connectivity index (χ2n) is 6.36. The molecule has 0 fully saturated rings. The molecule has 0 aliphatic carbocycles. The lowest BCUT2D eigenvalue weighted by Gasteiger charge is -2.07. The molecular weight excluding hydrogens is 443 g/mol. The number of thioether (sulfide) groups is 1. The number of hydrogen-bond donors (Lipinski definition) is 0. The molecule has 148 valence electrons. The zero-order chi connectivity index (χ0) is 20.2. The van der Waals surface area contributed by atoms with E-state index in [-0.39, 0.29) is 0 Å². The second-order valence-corrected chi connectivity index (χ2v) is 9.00. The molecule has 4 nitrogen and oxygen atoms in total. The second kappa shape index (κ2) is 9.30. The van der Waals surface area contributed by atoms with Crippen molar-refractivity contribution < 1.29 is 0 Å². The smallest absolute Gasteiger partial charge is 0.191 e. The van der Waals surface area contributed by atoms with E-state index < -0.39 is 0 Å². The molecule has 0 aliphatic heterocycles. The predicted octanol–water partition coefficient (Wildman–Crippen LogP) is 6.61. The summed E-state index contributed by atoms with van der Waals surface area (Å²) in [6.07, 6.45) is 0.728. The number of nitrogens with zero attached hydrogens (tertiary/aromatic N) is 4. The lowest BCUT2D eigenvalue weighted by molar-refractivity contribution is 0.651. The summed E-state index contributed by atoms with van der Waals surface area (Å²) in [5.74, 6) is 1.69. The summed E-state index contributed by atoms with van der Waals surface area (Å²) in [6.45, 7) is 2.93. The van der Waals surface area contributed by atoms with Gasteiger partial charge >= 0.3 is 0 Å². The Hall–Kier alpha value is -1.86. The van der Waals surface area contributed by atoms with Crippen LogP contribution in [0, 0.1) is 0 Å². The third-order valence-corrected chi connectivity index (χ3v) is 6.90. The van der Waals surface area contributed by atoms with Crippen molar-refractivity contribution in [3.05, 3.63) is 81.0 Å². The van der Waals surface area contributed by atoms with Crippen LogP contribution in [-0.4, -0.2) is 19.7 Å². The zero-order valence-electron chi connectivity index (χ0n) is 15.7. The molecule has 0 saturated heterocycles. The molecule has 0 aliphatic rings. The van der Waals surface area contributed by atoms with Gasteiger partial charge in [0, 0.05) is 34.7 Å². The number of benzene rings is 2. The maximum atomic E-state index is 6.29. The maximum absolute atomic E-state index is 6.29. The summed E-state index contributed by atoms with van der Waals surface area (Å²) in [7, 11) is 0. The molecule has 0 amide bonds. The van der Waals surface area contributed by atoms with Gasteiger partial charge in [-0.1, -0.05) is 65.3 Å². The summed E-state index contributed by atoms with van der Waals surface area (Å²) >= 11 is 15.5. The fourth-order valence-electron chi connectivity index (χ4n) is 2.93. The van der Waals surface area contributed by atoms with E-state index in [4.69, 9.17) is 28.2 Å². The van der Waals surface area contributed by atoms with Gasteiger partial charge in [-0.25, -0.2) is 4.98 Å². The Labute approximate surface area is 187 Å². The average molecular weight is 461 g/mol. The molecule has 2 aromatic carbocycles. The Kier molecular flexibility index (Phi) is 6.55. The molecule has 0 atom stereocenters. The van der Waals surface area contributed by atoms with Crippen LogP contribution in [0.4, 0.5) is 0 Å². The molecule has 0 unspecified atom stereocenters. The van der Waals surface area contributed by atoms with E-state index in [2.05, 4.69) is 27.1 Å². The highest BCUT2D eigenvalue weighted by molar-refractivity contribution is 7.98. The van der Waals surface area contributed by atoms with Crippen molar-refractivity contribution in [1.29, 1.82) is 0 Å². The topological polar surface area (TPSA) is 43.6 Å². The Morgan fingerprint density at radius 1 is 1.03 bits per heavy atom. The van der Waals surface area contributed by atoms with Crippen LogP contribution in [0.15, 0.2) is 59.1 Å². The maximum Gasteiger partial charge on any atom is 0.191 e. The van der Waals surface area contributed by atoms with Gasteiger partial charge in [0.1, 0.15) is 10.8 Å². The van der Waals surface area contributed by atoms with Crippen LogP contribution in [-0.2, 0) is 18.7 Å². The van der Waals surface area contributed by atoms with Crippen molar-refractivity contribution >= 4 is 46.3 Å². The molecule has 2 heterocycles. The average Bonchev–Trinajstić information content (AvgIpc) is 3.35. The van der Waals surface area contributed by atoms with Gasteiger partial charge in [0.05, 0.1) is 10.7 Å². The first-order valence-electron chi connectivity index (χ1n) is 9.12. The summed E-state index contributed by atoms with van der Waals surface area (Å²) in [6, 6.07) is 15.6. The molecule has 4 aromatic rings. The van der Waals surface area contributed by atoms with Gasteiger partial charge in [0.15, 0.2) is 5.16 Å². The minimum atomic E-state index is 0.721. The Morgan fingerprint density at radius 2 is 1.83 bits per heavy atom. The lowest BCUT2D eigenvalue weighted by Crippen LogP contribution is -2.04. The minimum absolute atomic E-state index is 0.721. The molecule has 0 bridgehead atoms. The standard InChI is InChI=1S/C21H18Cl2N4S2/c1-2-27-19(11-14-7-9-15(22)10-8-14)25-26-21(27)29-13-16-12-28-20(24-16)17-5-3-4-6-18(17)23/h3-10,12H,2,11,13H2,1H3. The first-order valence-corrected chi connectivity index (χ1v) is 11.7. The largest absolute Gasteiger partial charge is 0.306 e. The van der Waals surface area contributed by atoms with Crippen LogP contribution in [0.3, 0.4) is 0 Å². The number of aromatic nitrogens is 4. The third kappa shape index (κ3) is 4.83.